The minimum absolute atomic E-state index is 0.531. The summed E-state index contributed by atoms with van der Waals surface area (Å²) in [5.41, 5.74) is 0.531. The van der Waals surface area contributed by atoms with Crippen LogP contribution < -0.4 is 5.32 Å². The Balaban J connectivity index is 4.40. The minimum atomic E-state index is 0.531. The molecule has 1 atom stereocenters. The molecule has 0 aromatic rings. The standard InChI is InChI=1S/C18H39N/c1-7-11-12-17(8-2)13-18(9-3,10-4)15-19-14-16(5)6/h16-17,19H,7-15H2,1-6H3. The van der Waals surface area contributed by atoms with Crippen molar-refractivity contribution in [3.05, 3.63) is 0 Å². The Morgan fingerprint density at radius 2 is 1.63 bits per heavy atom. The van der Waals surface area contributed by atoms with E-state index in [4.69, 9.17) is 0 Å². The highest BCUT2D eigenvalue weighted by atomic mass is 14.9. The van der Waals surface area contributed by atoms with E-state index in [9.17, 15) is 0 Å². The molecule has 1 heteroatoms. The lowest BCUT2D eigenvalue weighted by molar-refractivity contribution is 0.175. The van der Waals surface area contributed by atoms with E-state index in [0.29, 0.717) is 5.41 Å². The van der Waals surface area contributed by atoms with Gasteiger partial charge < -0.3 is 5.32 Å². The third kappa shape index (κ3) is 7.97. The molecule has 0 aromatic carbocycles. The molecule has 0 aliphatic heterocycles. The molecule has 116 valence electrons. The largest absolute Gasteiger partial charge is 0.316 e. The van der Waals surface area contributed by atoms with Crippen LogP contribution in [0.15, 0.2) is 0 Å². The van der Waals surface area contributed by atoms with Crippen molar-refractivity contribution < 1.29 is 0 Å². The molecule has 0 rings (SSSR count). The summed E-state index contributed by atoms with van der Waals surface area (Å²) in [6.07, 6.45) is 9.58. The van der Waals surface area contributed by atoms with Gasteiger partial charge in [0.2, 0.25) is 0 Å². The van der Waals surface area contributed by atoms with Crippen LogP contribution in [0.4, 0.5) is 0 Å². The fraction of sp³-hybridized carbons (Fsp3) is 1.00. The minimum Gasteiger partial charge on any atom is -0.316 e. The highest BCUT2D eigenvalue weighted by molar-refractivity contribution is 4.82. The zero-order valence-electron chi connectivity index (χ0n) is 14.5. The van der Waals surface area contributed by atoms with Crippen LogP contribution >= 0.6 is 0 Å². The summed E-state index contributed by atoms with van der Waals surface area (Å²) in [6.45, 7) is 16.4. The first-order chi connectivity index (χ1) is 9.03. The third-order valence-electron chi connectivity index (χ3n) is 4.82. The lowest BCUT2D eigenvalue weighted by Gasteiger charge is -2.36. The molecule has 1 unspecified atom stereocenters. The van der Waals surface area contributed by atoms with E-state index in [1.54, 1.807) is 0 Å². The predicted octanol–water partition coefficient (Wildman–Crippen LogP) is 5.64. The van der Waals surface area contributed by atoms with Gasteiger partial charge in [0.15, 0.2) is 0 Å². The second kappa shape index (κ2) is 10.7. The Morgan fingerprint density at radius 3 is 2.05 bits per heavy atom. The smallest absolute Gasteiger partial charge is 0.000782 e. The first-order valence-electron chi connectivity index (χ1n) is 8.74. The van der Waals surface area contributed by atoms with Gasteiger partial charge in [-0.2, -0.15) is 0 Å². The van der Waals surface area contributed by atoms with Gasteiger partial charge in [0.05, 0.1) is 0 Å². The molecule has 0 heterocycles. The fourth-order valence-corrected chi connectivity index (χ4v) is 3.04. The molecule has 1 N–H and O–H groups in total. The van der Waals surface area contributed by atoms with Crippen molar-refractivity contribution in [1.29, 1.82) is 0 Å². The van der Waals surface area contributed by atoms with Gasteiger partial charge in [-0.05, 0) is 43.1 Å². The maximum absolute atomic E-state index is 3.71. The number of rotatable bonds is 12. The van der Waals surface area contributed by atoms with Crippen molar-refractivity contribution in [2.45, 2.75) is 86.5 Å². The summed E-state index contributed by atoms with van der Waals surface area (Å²) in [6, 6.07) is 0. The van der Waals surface area contributed by atoms with E-state index in [1.165, 1.54) is 51.5 Å². The van der Waals surface area contributed by atoms with Gasteiger partial charge >= 0.3 is 0 Å². The maximum atomic E-state index is 3.71. The number of hydrogen-bond donors (Lipinski definition) is 1. The molecule has 0 spiro atoms. The molecule has 0 aliphatic carbocycles. The van der Waals surface area contributed by atoms with Crippen molar-refractivity contribution in [1.82, 2.24) is 5.32 Å². The topological polar surface area (TPSA) is 12.0 Å². The van der Waals surface area contributed by atoms with E-state index in [0.717, 1.165) is 18.4 Å². The molecule has 19 heavy (non-hydrogen) atoms. The molecule has 1 nitrogen and oxygen atoms in total. The lowest BCUT2D eigenvalue weighted by Crippen LogP contribution is -2.36. The van der Waals surface area contributed by atoms with Crippen LogP contribution in [-0.2, 0) is 0 Å². The van der Waals surface area contributed by atoms with Crippen molar-refractivity contribution in [2.24, 2.45) is 17.3 Å². The number of nitrogens with one attached hydrogen (secondary N) is 1. The highest BCUT2D eigenvalue weighted by Crippen LogP contribution is 2.36. The van der Waals surface area contributed by atoms with Crippen molar-refractivity contribution in [3.63, 3.8) is 0 Å². The molecule has 0 aliphatic rings. The predicted molar refractivity (Wildman–Crippen MR) is 88.6 cm³/mol. The Kier molecular flexibility index (Phi) is 10.7. The summed E-state index contributed by atoms with van der Waals surface area (Å²) < 4.78 is 0. The molecule has 0 radical (unpaired) electrons. The summed E-state index contributed by atoms with van der Waals surface area (Å²) in [5, 5.41) is 3.71. The van der Waals surface area contributed by atoms with E-state index < -0.39 is 0 Å². The highest BCUT2D eigenvalue weighted by Gasteiger charge is 2.28. The van der Waals surface area contributed by atoms with Gasteiger partial charge in [0.1, 0.15) is 0 Å². The van der Waals surface area contributed by atoms with Crippen molar-refractivity contribution in [3.8, 4) is 0 Å². The number of hydrogen-bond acceptors (Lipinski definition) is 1. The molecule has 0 saturated heterocycles. The second-order valence-electron chi connectivity index (χ2n) is 6.85. The van der Waals surface area contributed by atoms with E-state index in [-0.39, 0.29) is 0 Å². The molecular formula is C18H39N. The Hall–Kier alpha value is -0.0400. The average molecular weight is 270 g/mol. The number of unbranched alkanes of at least 4 members (excludes halogenated alkanes) is 1. The van der Waals surface area contributed by atoms with Crippen LogP contribution in [0.25, 0.3) is 0 Å². The first kappa shape index (κ1) is 19.0. The van der Waals surface area contributed by atoms with Crippen LogP contribution in [0, 0.1) is 17.3 Å². The molecule has 0 saturated carbocycles. The van der Waals surface area contributed by atoms with E-state index in [1.807, 2.05) is 0 Å². The monoisotopic (exact) mass is 269 g/mol. The van der Waals surface area contributed by atoms with Gasteiger partial charge in [-0.1, -0.05) is 67.2 Å². The van der Waals surface area contributed by atoms with Gasteiger partial charge in [0, 0.05) is 6.54 Å². The summed E-state index contributed by atoms with van der Waals surface area (Å²) in [7, 11) is 0. The maximum Gasteiger partial charge on any atom is 0.000782 e. The Labute approximate surface area is 122 Å². The molecule has 0 aromatic heterocycles. The molecule has 0 amide bonds. The Morgan fingerprint density at radius 1 is 1.00 bits per heavy atom. The molecular weight excluding hydrogens is 230 g/mol. The van der Waals surface area contributed by atoms with E-state index in [2.05, 4.69) is 46.9 Å². The molecule has 0 bridgehead atoms. The van der Waals surface area contributed by atoms with Gasteiger partial charge in [-0.3, -0.25) is 0 Å². The average Bonchev–Trinajstić information content (AvgIpc) is 2.41. The van der Waals surface area contributed by atoms with Crippen LogP contribution in [0.3, 0.4) is 0 Å². The van der Waals surface area contributed by atoms with Gasteiger partial charge in [-0.15, -0.1) is 0 Å². The van der Waals surface area contributed by atoms with Gasteiger partial charge in [-0.25, -0.2) is 0 Å². The van der Waals surface area contributed by atoms with Crippen LogP contribution in [-0.4, -0.2) is 13.1 Å². The quantitative estimate of drug-likeness (QED) is 0.483. The summed E-state index contributed by atoms with van der Waals surface area (Å²) in [5.74, 6) is 1.69. The van der Waals surface area contributed by atoms with Crippen molar-refractivity contribution in [2.75, 3.05) is 13.1 Å². The normalized spacial score (nSPS) is 14.1. The fourth-order valence-electron chi connectivity index (χ4n) is 3.04. The first-order valence-corrected chi connectivity index (χ1v) is 8.74. The summed E-state index contributed by atoms with van der Waals surface area (Å²) >= 11 is 0. The van der Waals surface area contributed by atoms with Crippen LogP contribution in [0.1, 0.15) is 86.5 Å². The van der Waals surface area contributed by atoms with Crippen LogP contribution in [0.2, 0.25) is 0 Å². The third-order valence-corrected chi connectivity index (χ3v) is 4.82. The Bertz CT molecular complexity index is 194. The lowest BCUT2D eigenvalue weighted by atomic mass is 9.73. The summed E-state index contributed by atoms with van der Waals surface area (Å²) in [4.78, 5) is 0. The SMILES string of the molecule is CCCCC(CC)CC(CC)(CC)CNCC(C)C. The van der Waals surface area contributed by atoms with Crippen molar-refractivity contribution >= 4 is 0 Å². The molecule has 0 fully saturated rings. The zero-order chi connectivity index (χ0) is 14.7. The van der Waals surface area contributed by atoms with Gasteiger partial charge in [0.25, 0.3) is 0 Å². The second-order valence-corrected chi connectivity index (χ2v) is 6.85. The van der Waals surface area contributed by atoms with Crippen LogP contribution in [0.5, 0.6) is 0 Å². The zero-order valence-corrected chi connectivity index (χ0v) is 14.5. The van der Waals surface area contributed by atoms with E-state index >= 15 is 0 Å².